The van der Waals surface area contributed by atoms with Crippen molar-refractivity contribution in [3.8, 4) is 0 Å². The highest BCUT2D eigenvalue weighted by Gasteiger charge is 2.29. The maximum atomic E-state index is 13.5. The van der Waals surface area contributed by atoms with Gasteiger partial charge in [-0.3, -0.25) is 9.59 Å². The van der Waals surface area contributed by atoms with Gasteiger partial charge < -0.3 is 10.2 Å². The van der Waals surface area contributed by atoms with E-state index in [0.29, 0.717) is 37.4 Å². The predicted octanol–water partition coefficient (Wildman–Crippen LogP) is 5.36. The molecule has 1 N–H and O–H groups in total. The van der Waals surface area contributed by atoms with Gasteiger partial charge >= 0.3 is 0 Å². The van der Waals surface area contributed by atoms with Gasteiger partial charge in [0, 0.05) is 31.0 Å². The first-order chi connectivity index (χ1) is 16.0. The van der Waals surface area contributed by atoms with Gasteiger partial charge in [0.2, 0.25) is 11.8 Å². The fourth-order valence-electron chi connectivity index (χ4n) is 3.83. The van der Waals surface area contributed by atoms with Gasteiger partial charge in [-0.05, 0) is 49.1 Å². The number of nitrogens with one attached hydrogen (secondary N) is 1. The molecule has 3 aromatic carbocycles. The van der Waals surface area contributed by atoms with Gasteiger partial charge in [0.25, 0.3) is 0 Å². The Labute approximate surface area is 201 Å². The van der Waals surface area contributed by atoms with Crippen molar-refractivity contribution in [3.05, 3.63) is 106 Å². The number of carbonyl (C=O) groups excluding carboxylic acids is 2. The first-order valence-electron chi connectivity index (χ1n) is 11.4. The summed E-state index contributed by atoms with van der Waals surface area (Å²) in [6, 6.07) is 24.9. The highest BCUT2D eigenvalue weighted by atomic mass is 35.5. The molecular formula is C28H31ClN2O2. The van der Waals surface area contributed by atoms with Crippen LogP contribution in [0, 0.1) is 6.92 Å². The number of hydrogen-bond donors (Lipinski definition) is 1. The summed E-state index contributed by atoms with van der Waals surface area (Å²) >= 11 is 6.20. The number of nitrogens with zero attached hydrogens (tertiary/aromatic N) is 1. The van der Waals surface area contributed by atoms with E-state index in [2.05, 4.69) is 29.6 Å². The highest BCUT2D eigenvalue weighted by molar-refractivity contribution is 6.30. The van der Waals surface area contributed by atoms with E-state index >= 15 is 0 Å². The van der Waals surface area contributed by atoms with E-state index in [-0.39, 0.29) is 11.8 Å². The summed E-state index contributed by atoms with van der Waals surface area (Å²) in [7, 11) is 0. The Morgan fingerprint density at radius 3 is 2.27 bits per heavy atom. The van der Waals surface area contributed by atoms with E-state index in [0.717, 1.165) is 16.7 Å². The molecule has 2 amide bonds. The zero-order valence-electron chi connectivity index (χ0n) is 19.3. The maximum absolute atomic E-state index is 13.5. The molecule has 172 valence electrons. The monoisotopic (exact) mass is 462 g/mol. The summed E-state index contributed by atoms with van der Waals surface area (Å²) in [5.74, 6) is -0.199. The van der Waals surface area contributed by atoms with Crippen molar-refractivity contribution >= 4 is 23.4 Å². The minimum Gasteiger partial charge on any atom is -0.355 e. The van der Waals surface area contributed by atoms with E-state index in [1.54, 1.807) is 11.0 Å². The van der Waals surface area contributed by atoms with Crippen LogP contribution in [0.5, 0.6) is 0 Å². The average molecular weight is 463 g/mol. The number of rotatable bonds is 10. The number of amides is 2. The van der Waals surface area contributed by atoms with Crippen LogP contribution in [0.3, 0.4) is 0 Å². The molecule has 0 heterocycles. The molecule has 0 spiro atoms. The van der Waals surface area contributed by atoms with E-state index in [1.165, 1.54) is 5.56 Å². The van der Waals surface area contributed by atoms with Crippen molar-refractivity contribution < 1.29 is 9.59 Å². The smallest absolute Gasteiger partial charge is 0.243 e. The molecule has 1 atom stereocenters. The minimum atomic E-state index is -0.614. The molecule has 4 nitrogen and oxygen atoms in total. The Morgan fingerprint density at radius 1 is 0.909 bits per heavy atom. The molecule has 0 radical (unpaired) electrons. The summed E-state index contributed by atoms with van der Waals surface area (Å²) in [5, 5.41) is 3.53. The molecule has 3 aromatic rings. The SMILES string of the molecule is CCNC(=O)[C@H](Cc1ccccc1)N(Cc1cccc(Cl)c1)C(=O)CCc1ccc(C)cc1. The minimum absolute atomic E-state index is 0.0530. The van der Waals surface area contributed by atoms with Gasteiger partial charge in [-0.15, -0.1) is 0 Å². The number of likely N-dealkylation sites (N-methyl/N-ethyl adjacent to an activating group) is 1. The second-order valence-electron chi connectivity index (χ2n) is 8.24. The number of carbonyl (C=O) groups is 2. The lowest BCUT2D eigenvalue weighted by Gasteiger charge is -2.31. The van der Waals surface area contributed by atoms with Crippen LogP contribution in [0.2, 0.25) is 5.02 Å². The van der Waals surface area contributed by atoms with Gasteiger partial charge in [-0.2, -0.15) is 0 Å². The van der Waals surface area contributed by atoms with Crippen molar-refractivity contribution in [1.29, 1.82) is 0 Å². The lowest BCUT2D eigenvalue weighted by atomic mass is 10.0. The van der Waals surface area contributed by atoms with E-state index in [4.69, 9.17) is 11.6 Å². The lowest BCUT2D eigenvalue weighted by molar-refractivity contribution is -0.141. The summed E-state index contributed by atoms with van der Waals surface area (Å²) in [6.07, 6.45) is 1.40. The molecule has 5 heteroatoms. The zero-order valence-corrected chi connectivity index (χ0v) is 20.0. The lowest BCUT2D eigenvalue weighted by Crippen LogP contribution is -2.50. The van der Waals surface area contributed by atoms with Crippen LogP contribution in [0.1, 0.15) is 35.6 Å². The summed E-state index contributed by atoms with van der Waals surface area (Å²) < 4.78 is 0. The van der Waals surface area contributed by atoms with Crippen LogP contribution in [-0.4, -0.2) is 29.3 Å². The number of benzene rings is 3. The Balaban J connectivity index is 1.88. The second kappa shape index (κ2) is 12.2. The molecule has 0 bridgehead atoms. The number of aryl methyl sites for hydroxylation is 2. The van der Waals surface area contributed by atoms with Gasteiger partial charge in [0.1, 0.15) is 6.04 Å². The molecule has 0 saturated carbocycles. The van der Waals surface area contributed by atoms with Crippen molar-refractivity contribution in [2.75, 3.05) is 6.54 Å². The fourth-order valence-corrected chi connectivity index (χ4v) is 4.04. The van der Waals surface area contributed by atoms with Crippen LogP contribution >= 0.6 is 11.6 Å². The van der Waals surface area contributed by atoms with E-state index < -0.39 is 6.04 Å². The van der Waals surface area contributed by atoms with Crippen LogP contribution < -0.4 is 5.32 Å². The second-order valence-corrected chi connectivity index (χ2v) is 8.67. The molecule has 0 unspecified atom stereocenters. The third-order valence-electron chi connectivity index (χ3n) is 5.61. The quantitative estimate of drug-likeness (QED) is 0.441. The number of halogens is 1. The van der Waals surface area contributed by atoms with Crippen molar-refractivity contribution in [3.63, 3.8) is 0 Å². The summed E-state index contributed by atoms with van der Waals surface area (Å²) in [4.78, 5) is 28.4. The predicted molar refractivity (Wildman–Crippen MR) is 134 cm³/mol. The van der Waals surface area contributed by atoms with Crippen LogP contribution in [0.4, 0.5) is 0 Å². The molecule has 0 saturated heterocycles. The number of hydrogen-bond acceptors (Lipinski definition) is 2. The largest absolute Gasteiger partial charge is 0.355 e. The fraction of sp³-hybridized carbons (Fsp3) is 0.286. The Kier molecular flexibility index (Phi) is 9.08. The van der Waals surface area contributed by atoms with E-state index in [9.17, 15) is 9.59 Å². The molecule has 0 aliphatic carbocycles. The molecule has 33 heavy (non-hydrogen) atoms. The summed E-state index contributed by atoms with van der Waals surface area (Å²) in [6.45, 7) is 4.76. The molecule has 0 fully saturated rings. The van der Waals surface area contributed by atoms with Gasteiger partial charge in [-0.25, -0.2) is 0 Å². The Bertz CT molecular complexity index is 1050. The zero-order chi connectivity index (χ0) is 23.6. The van der Waals surface area contributed by atoms with Crippen LogP contribution in [0.25, 0.3) is 0 Å². The molecule has 3 rings (SSSR count). The van der Waals surface area contributed by atoms with Gasteiger partial charge in [0.15, 0.2) is 0 Å². The van der Waals surface area contributed by atoms with Crippen molar-refractivity contribution in [2.45, 2.75) is 45.7 Å². The normalized spacial score (nSPS) is 11.6. The first kappa shape index (κ1) is 24.5. The standard InChI is InChI=1S/C28H31ClN2O2/c1-3-30-28(33)26(19-23-8-5-4-6-9-23)31(20-24-10-7-11-25(29)18-24)27(32)17-16-22-14-12-21(2)13-15-22/h4-15,18,26H,3,16-17,19-20H2,1-2H3,(H,30,33)/t26-/m0/s1. The molecule has 0 aliphatic rings. The van der Waals surface area contributed by atoms with Crippen molar-refractivity contribution in [2.24, 2.45) is 0 Å². The topological polar surface area (TPSA) is 49.4 Å². The van der Waals surface area contributed by atoms with Gasteiger partial charge in [-0.1, -0.05) is 83.9 Å². The van der Waals surface area contributed by atoms with E-state index in [1.807, 2.05) is 62.4 Å². The molecular weight excluding hydrogens is 432 g/mol. The van der Waals surface area contributed by atoms with Crippen molar-refractivity contribution in [1.82, 2.24) is 10.2 Å². The Morgan fingerprint density at radius 2 is 1.61 bits per heavy atom. The summed E-state index contributed by atoms with van der Waals surface area (Å²) in [5.41, 5.74) is 4.20. The third-order valence-corrected chi connectivity index (χ3v) is 5.85. The maximum Gasteiger partial charge on any atom is 0.243 e. The Hall–Kier alpha value is -3.11. The average Bonchev–Trinajstić information content (AvgIpc) is 2.81. The molecule has 0 aromatic heterocycles. The van der Waals surface area contributed by atoms with Crippen LogP contribution in [0.15, 0.2) is 78.9 Å². The third kappa shape index (κ3) is 7.47. The molecule has 0 aliphatic heterocycles. The van der Waals surface area contributed by atoms with Gasteiger partial charge in [0.05, 0.1) is 0 Å². The van der Waals surface area contributed by atoms with Crippen LogP contribution in [-0.2, 0) is 29.0 Å². The first-order valence-corrected chi connectivity index (χ1v) is 11.7. The highest BCUT2D eigenvalue weighted by Crippen LogP contribution is 2.19.